The van der Waals surface area contributed by atoms with E-state index < -0.39 is 40.9 Å². The van der Waals surface area contributed by atoms with Gasteiger partial charge in [0, 0.05) is 11.8 Å². The molecule has 8 nitrogen and oxygen atoms in total. The standard InChI is InChI=1S/C26H32N2O6Si/c1-3-4-15-25(21(30)20(29)23(33-25)28-16-17(2)22(31)27-24(28)32)26(34-35,18-11-7-5-8-12-18)19-13-9-6-10-14-19/h5-14,16,20-21,23,29-30H,3-4,15H2,1-2,35H3,(H,27,31,32)/t20-,21+,23-,25+/m1/s1. The van der Waals surface area contributed by atoms with E-state index in [1.54, 1.807) is 6.92 Å². The summed E-state index contributed by atoms with van der Waals surface area (Å²) in [4.78, 5) is 26.9. The Morgan fingerprint density at radius 2 is 1.66 bits per heavy atom. The Balaban J connectivity index is 1.99. The van der Waals surface area contributed by atoms with Gasteiger partial charge in [0.15, 0.2) is 6.23 Å². The van der Waals surface area contributed by atoms with Crippen molar-refractivity contribution in [2.75, 3.05) is 0 Å². The van der Waals surface area contributed by atoms with Crippen molar-refractivity contribution >= 4 is 10.5 Å². The molecule has 35 heavy (non-hydrogen) atoms. The molecule has 1 aliphatic rings. The summed E-state index contributed by atoms with van der Waals surface area (Å²) in [6.07, 6.45) is -0.855. The largest absolute Gasteiger partial charge is 0.412 e. The number of nitrogens with one attached hydrogen (secondary N) is 1. The molecule has 4 atom stereocenters. The first kappa shape index (κ1) is 25.3. The van der Waals surface area contributed by atoms with Gasteiger partial charge in [0.25, 0.3) is 5.56 Å². The normalized spacial score (nSPS) is 24.6. The van der Waals surface area contributed by atoms with Gasteiger partial charge >= 0.3 is 5.69 Å². The van der Waals surface area contributed by atoms with Crippen molar-refractivity contribution < 1.29 is 19.4 Å². The van der Waals surface area contributed by atoms with Gasteiger partial charge in [0.05, 0.1) is 0 Å². The van der Waals surface area contributed by atoms with Gasteiger partial charge in [-0.25, -0.2) is 4.79 Å². The zero-order valence-electron chi connectivity index (χ0n) is 20.2. The number of nitrogens with zero attached hydrogens (tertiary/aromatic N) is 1. The van der Waals surface area contributed by atoms with E-state index in [4.69, 9.17) is 9.16 Å². The van der Waals surface area contributed by atoms with Crippen LogP contribution in [0.1, 0.15) is 49.1 Å². The van der Waals surface area contributed by atoms with Crippen molar-refractivity contribution in [3.05, 3.63) is 104 Å². The number of benzene rings is 2. The van der Waals surface area contributed by atoms with Crippen molar-refractivity contribution in [3.8, 4) is 0 Å². The van der Waals surface area contributed by atoms with Crippen LogP contribution in [0.4, 0.5) is 0 Å². The minimum absolute atomic E-state index is 0.289. The van der Waals surface area contributed by atoms with Gasteiger partial charge in [0.1, 0.15) is 33.9 Å². The number of aromatic nitrogens is 2. The lowest BCUT2D eigenvalue weighted by Gasteiger charge is -2.50. The van der Waals surface area contributed by atoms with E-state index in [1.165, 1.54) is 6.20 Å². The van der Waals surface area contributed by atoms with Crippen molar-refractivity contribution in [3.63, 3.8) is 0 Å². The molecule has 0 aliphatic carbocycles. The van der Waals surface area contributed by atoms with Gasteiger partial charge in [-0.15, -0.1) is 0 Å². The third-order valence-electron chi connectivity index (χ3n) is 7.01. The summed E-state index contributed by atoms with van der Waals surface area (Å²) in [5, 5.41) is 23.1. The SMILES string of the molecule is CCCC[C@]1(C(O[SiH3])(c2ccccc2)c2ccccc2)O[C@@H](n2cc(C)c(=O)[nH]c2=O)[C@H](O)[C@@H]1O. The summed E-state index contributed by atoms with van der Waals surface area (Å²) in [5.41, 5.74) is -2.09. The second-order valence-electron chi connectivity index (χ2n) is 9.03. The van der Waals surface area contributed by atoms with E-state index in [9.17, 15) is 19.8 Å². The van der Waals surface area contributed by atoms with Gasteiger partial charge in [-0.2, -0.15) is 0 Å². The topological polar surface area (TPSA) is 114 Å². The number of hydrogen-bond acceptors (Lipinski definition) is 6. The lowest BCUT2D eigenvalue weighted by Crippen LogP contribution is -2.60. The van der Waals surface area contributed by atoms with Crippen LogP contribution in [0.15, 0.2) is 76.4 Å². The average molecular weight is 497 g/mol. The molecule has 0 spiro atoms. The molecule has 186 valence electrons. The molecule has 1 aliphatic heterocycles. The van der Waals surface area contributed by atoms with Crippen molar-refractivity contribution in [2.45, 2.75) is 62.7 Å². The molecule has 0 amide bonds. The molecule has 0 radical (unpaired) electrons. The zero-order chi connectivity index (χ0) is 25.2. The number of unbranched alkanes of at least 4 members (excludes halogenated alkanes) is 1. The lowest BCUT2D eigenvalue weighted by molar-refractivity contribution is -0.197. The van der Waals surface area contributed by atoms with Crippen molar-refractivity contribution in [2.24, 2.45) is 0 Å². The fourth-order valence-corrected chi connectivity index (χ4v) is 6.12. The summed E-state index contributed by atoms with van der Waals surface area (Å²) in [6.45, 7) is 3.60. The van der Waals surface area contributed by atoms with E-state index in [1.807, 2.05) is 67.6 Å². The maximum Gasteiger partial charge on any atom is 0.330 e. The van der Waals surface area contributed by atoms with E-state index >= 15 is 0 Å². The van der Waals surface area contributed by atoms with Gasteiger partial charge < -0.3 is 19.4 Å². The molecule has 0 bridgehead atoms. The third-order valence-corrected chi connectivity index (χ3v) is 7.62. The second kappa shape index (κ2) is 10.0. The minimum Gasteiger partial charge on any atom is -0.412 e. The molecule has 1 fully saturated rings. The highest BCUT2D eigenvalue weighted by Crippen LogP contribution is 2.55. The number of aliphatic hydroxyl groups is 2. The molecule has 1 aromatic heterocycles. The molecule has 9 heteroatoms. The van der Waals surface area contributed by atoms with Crippen LogP contribution >= 0.6 is 0 Å². The molecule has 3 aromatic rings. The van der Waals surface area contributed by atoms with Crippen LogP contribution in [-0.2, 0) is 14.8 Å². The minimum atomic E-state index is -1.45. The Hall–Kier alpha value is -2.82. The number of aromatic amines is 1. The molecular formula is C26H32N2O6Si. The fraction of sp³-hybridized carbons (Fsp3) is 0.385. The van der Waals surface area contributed by atoms with Gasteiger partial charge in [0.2, 0.25) is 0 Å². The van der Waals surface area contributed by atoms with Crippen LogP contribution in [0.2, 0.25) is 0 Å². The molecule has 0 unspecified atom stereocenters. The summed E-state index contributed by atoms with van der Waals surface area (Å²) in [7, 11) is 0.297. The van der Waals surface area contributed by atoms with Gasteiger partial charge in [-0.05, 0) is 24.5 Å². The second-order valence-corrected chi connectivity index (χ2v) is 9.44. The Kier molecular flexibility index (Phi) is 7.25. The van der Waals surface area contributed by atoms with Crippen molar-refractivity contribution in [1.29, 1.82) is 0 Å². The van der Waals surface area contributed by atoms with E-state index in [-0.39, 0.29) is 5.56 Å². The maximum atomic E-state index is 12.7. The monoisotopic (exact) mass is 496 g/mol. The molecule has 2 heterocycles. The number of aryl methyl sites for hydroxylation is 1. The first-order chi connectivity index (χ1) is 16.8. The quantitative estimate of drug-likeness (QED) is 0.405. The number of aliphatic hydroxyl groups excluding tert-OH is 2. The summed E-state index contributed by atoms with van der Waals surface area (Å²) < 4.78 is 14.3. The summed E-state index contributed by atoms with van der Waals surface area (Å²) >= 11 is 0. The predicted molar refractivity (Wildman–Crippen MR) is 135 cm³/mol. The first-order valence-corrected chi connectivity index (χ1v) is 12.7. The zero-order valence-corrected chi connectivity index (χ0v) is 22.2. The van der Waals surface area contributed by atoms with Crippen LogP contribution in [0.25, 0.3) is 0 Å². The molecule has 0 saturated carbocycles. The Labute approximate surface area is 206 Å². The smallest absolute Gasteiger partial charge is 0.330 e. The van der Waals surface area contributed by atoms with E-state index in [0.29, 0.717) is 23.3 Å². The van der Waals surface area contributed by atoms with Crippen molar-refractivity contribution in [1.82, 2.24) is 9.55 Å². The number of rotatable bonds is 8. The molecule has 2 aromatic carbocycles. The number of hydrogen-bond donors (Lipinski definition) is 3. The Morgan fingerprint density at radius 3 is 2.17 bits per heavy atom. The predicted octanol–water partition coefficient (Wildman–Crippen LogP) is 1.27. The maximum absolute atomic E-state index is 12.7. The van der Waals surface area contributed by atoms with Crippen LogP contribution in [-0.4, -0.2) is 48.1 Å². The van der Waals surface area contributed by atoms with Gasteiger partial charge in [-0.1, -0.05) is 80.4 Å². The Morgan fingerprint density at radius 1 is 1.09 bits per heavy atom. The summed E-state index contributed by atoms with van der Waals surface area (Å²) in [5.74, 6) is 0. The average Bonchev–Trinajstić information content (AvgIpc) is 3.13. The van der Waals surface area contributed by atoms with E-state index in [2.05, 4.69) is 4.98 Å². The van der Waals surface area contributed by atoms with E-state index in [0.717, 1.165) is 22.1 Å². The fourth-order valence-electron chi connectivity index (χ4n) is 5.31. The third kappa shape index (κ3) is 4.03. The highest BCUT2D eigenvalue weighted by molar-refractivity contribution is 5.98. The lowest BCUT2D eigenvalue weighted by atomic mass is 9.67. The van der Waals surface area contributed by atoms with Crippen LogP contribution in [0.3, 0.4) is 0 Å². The van der Waals surface area contributed by atoms with Crippen LogP contribution in [0.5, 0.6) is 0 Å². The molecular weight excluding hydrogens is 464 g/mol. The highest BCUT2D eigenvalue weighted by atomic mass is 28.2. The number of H-pyrrole nitrogens is 1. The molecule has 4 rings (SSSR count). The first-order valence-electron chi connectivity index (χ1n) is 11.8. The number of ether oxygens (including phenoxy) is 1. The molecule has 1 saturated heterocycles. The Bertz CT molecular complexity index is 1220. The summed E-state index contributed by atoms with van der Waals surface area (Å²) in [6, 6.07) is 19.1. The van der Waals surface area contributed by atoms with Crippen LogP contribution < -0.4 is 11.2 Å². The van der Waals surface area contributed by atoms with Crippen LogP contribution in [0, 0.1) is 6.92 Å². The highest BCUT2D eigenvalue weighted by Gasteiger charge is 2.66. The van der Waals surface area contributed by atoms with Gasteiger partial charge in [-0.3, -0.25) is 14.3 Å². The molecule has 3 N–H and O–H groups in total.